The Balaban J connectivity index is 0.000000181. The molecule has 0 unspecified atom stereocenters. The van der Waals surface area contributed by atoms with Crippen LogP contribution in [0.25, 0.3) is 0 Å². The molecule has 0 aliphatic rings. The lowest BCUT2D eigenvalue weighted by molar-refractivity contribution is 0.0651. The van der Waals surface area contributed by atoms with Crippen LogP contribution in [-0.2, 0) is 0 Å². The number of hydrogen-bond donors (Lipinski definition) is 2. The maximum absolute atomic E-state index is 10.5. The van der Waals surface area contributed by atoms with Crippen molar-refractivity contribution in [2.75, 3.05) is 0 Å². The molecule has 0 heterocycles. The average molecular weight is 350 g/mol. The Labute approximate surface area is 148 Å². The van der Waals surface area contributed by atoms with Crippen LogP contribution in [0.15, 0.2) is 84.9 Å². The van der Waals surface area contributed by atoms with Crippen molar-refractivity contribution in [1.29, 1.82) is 0 Å². The third-order valence-corrected chi connectivity index (χ3v) is 5.24. The van der Waals surface area contributed by atoms with Gasteiger partial charge >= 0.3 is 11.9 Å². The first kappa shape index (κ1) is 18.2. The molecule has 0 atom stereocenters. The number of carbonyl (C=O) groups is 2. The zero-order valence-electron chi connectivity index (χ0n) is 13.5. The summed E-state index contributed by atoms with van der Waals surface area (Å²) < 4.78 is 0. The summed E-state index contributed by atoms with van der Waals surface area (Å²) in [7, 11) is -0.234. The predicted molar refractivity (Wildman–Crippen MR) is 101 cm³/mol. The highest BCUT2D eigenvalue weighted by Crippen LogP contribution is 2.07. The fourth-order valence-electron chi connectivity index (χ4n) is 2.28. The van der Waals surface area contributed by atoms with Crippen molar-refractivity contribution in [3.05, 3.63) is 96.1 Å². The molecule has 0 fully saturated rings. The van der Waals surface area contributed by atoms with Gasteiger partial charge in [0, 0.05) is 0 Å². The molecular weight excluding hydrogens is 332 g/mol. The minimum absolute atomic E-state index is 0.190. The highest BCUT2D eigenvalue weighted by Gasteiger charge is 2.13. The number of carboxylic acid groups (broad SMARTS) is 2. The van der Waals surface area contributed by atoms with Gasteiger partial charge in [0.05, 0.1) is 20.6 Å². The minimum Gasteiger partial charge on any atom is -0.478 e. The first-order chi connectivity index (χ1) is 12.1. The highest BCUT2D eigenvalue weighted by molar-refractivity contribution is 6.67. The van der Waals surface area contributed by atoms with Crippen molar-refractivity contribution in [1.82, 2.24) is 0 Å². The number of benzene rings is 3. The van der Waals surface area contributed by atoms with E-state index in [0.29, 0.717) is 0 Å². The molecule has 2 N–H and O–H groups in total. The molecule has 3 aromatic rings. The van der Waals surface area contributed by atoms with Crippen molar-refractivity contribution >= 4 is 31.8 Å². The zero-order chi connectivity index (χ0) is 18.1. The van der Waals surface area contributed by atoms with Crippen molar-refractivity contribution in [2.45, 2.75) is 0 Å². The largest absolute Gasteiger partial charge is 0.478 e. The molecule has 0 aromatic heterocycles. The molecule has 0 bridgehead atoms. The topological polar surface area (TPSA) is 74.6 Å². The average Bonchev–Trinajstić information content (AvgIpc) is 2.64. The minimum atomic E-state index is -1.23. The molecule has 0 saturated carbocycles. The maximum Gasteiger partial charge on any atom is 0.336 e. The number of hydrogen-bond acceptors (Lipinski definition) is 2. The summed E-state index contributed by atoms with van der Waals surface area (Å²) in [5.74, 6) is -2.46. The van der Waals surface area contributed by atoms with E-state index in [9.17, 15) is 9.59 Å². The predicted octanol–water partition coefficient (Wildman–Crippen LogP) is 1.89. The van der Waals surface area contributed by atoms with Gasteiger partial charge in [-0.05, 0) is 12.1 Å². The molecule has 5 heteroatoms. The molecule has 0 radical (unpaired) electrons. The van der Waals surface area contributed by atoms with Crippen LogP contribution in [-0.4, -0.2) is 31.7 Å². The Morgan fingerprint density at radius 1 is 0.560 bits per heavy atom. The SMILES string of the molecule is O=C(O)c1ccccc1C(=O)O.c1ccc([SiH2]c2ccccc2)cc1. The van der Waals surface area contributed by atoms with Gasteiger partial charge in [0.2, 0.25) is 0 Å². The van der Waals surface area contributed by atoms with Gasteiger partial charge in [-0.25, -0.2) is 9.59 Å². The summed E-state index contributed by atoms with van der Waals surface area (Å²) in [6, 6.07) is 27.0. The van der Waals surface area contributed by atoms with Crippen molar-refractivity contribution in [3.63, 3.8) is 0 Å². The highest BCUT2D eigenvalue weighted by atomic mass is 28.2. The number of carboxylic acids is 2. The van der Waals surface area contributed by atoms with Gasteiger partial charge in [0.1, 0.15) is 0 Å². The Bertz CT molecular complexity index is 762. The first-order valence-electron chi connectivity index (χ1n) is 7.71. The molecule has 0 aliphatic carbocycles. The van der Waals surface area contributed by atoms with Gasteiger partial charge in [-0.2, -0.15) is 0 Å². The van der Waals surface area contributed by atoms with E-state index in [1.165, 1.54) is 34.6 Å². The Kier molecular flexibility index (Phi) is 6.68. The number of rotatable bonds is 4. The van der Waals surface area contributed by atoms with Crippen LogP contribution in [0.3, 0.4) is 0 Å². The van der Waals surface area contributed by atoms with Crippen LogP contribution in [0.5, 0.6) is 0 Å². The second-order valence-electron chi connectivity index (χ2n) is 5.30. The lowest BCUT2D eigenvalue weighted by Crippen LogP contribution is -2.26. The third-order valence-electron chi connectivity index (χ3n) is 3.48. The van der Waals surface area contributed by atoms with E-state index in [1.807, 2.05) is 0 Å². The molecule has 25 heavy (non-hydrogen) atoms. The summed E-state index contributed by atoms with van der Waals surface area (Å²) in [4.78, 5) is 20.9. The van der Waals surface area contributed by atoms with Crippen LogP contribution in [0.2, 0.25) is 0 Å². The molecule has 3 rings (SSSR count). The smallest absolute Gasteiger partial charge is 0.336 e. The van der Waals surface area contributed by atoms with Crippen LogP contribution < -0.4 is 10.4 Å². The van der Waals surface area contributed by atoms with Gasteiger partial charge in [-0.15, -0.1) is 0 Å². The van der Waals surface area contributed by atoms with Gasteiger partial charge in [0.25, 0.3) is 0 Å². The lowest BCUT2D eigenvalue weighted by Gasteiger charge is -1.99. The molecule has 0 aliphatic heterocycles. The van der Waals surface area contributed by atoms with Gasteiger partial charge < -0.3 is 10.2 Å². The molecule has 0 saturated heterocycles. The van der Waals surface area contributed by atoms with Gasteiger partial charge in [-0.3, -0.25) is 0 Å². The summed E-state index contributed by atoms with van der Waals surface area (Å²) in [6.07, 6.45) is 0. The first-order valence-corrected chi connectivity index (χ1v) is 9.13. The van der Waals surface area contributed by atoms with Crippen LogP contribution >= 0.6 is 0 Å². The molecular formula is C20H18O4Si. The second kappa shape index (κ2) is 9.20. The summed E-state index contributed by atoms with van der Waals surface area (Å²) in [5, 5.41) is 20.1. The lowest BCUT2D eigenvalue weighted by atomic mass is 10.1. The van der Waals surface area contributed by atoms with E-state index in [2.05, 4.69) is 60.7 Å². The van der Waals surface area contributed by atoms with Crippen molar-refractivity contribution < 1.29 is 19.8 Å². The normalized spacial score (nSPS) is 9.60. The van der Waals surface area contributed by atoms with E-state index < -0.39 is 11.9 Å². The molecule has 4 nitrogen and oxygen atoms in total. The van der Waals surface area contributed by atoms with E-state index in [0.717, 1.165) is 0 Å². The van der Waals surface area contributed by atoms with Crippen LogP contribution in [0.1, 0.15) is 20.7 Å². The van der Waals surface area contributed by atoms with Crippen molar-refractivity contribution in [2.24, 2.45) is 0 Å². The van der Waals surface area contributed by atoms with Crippen LogP contribution in [0.4, 0.5) is 0 Å². The Morgan fingerprint density at radius 3 is 1.20 bits per heavy atom. The summed E-state index contributed by atoms with van der Waals surface area (Å²) in [5.41, 5.74) is -0.380. The fourth-order valence-corrected chi connectivity index (χ4v) is 3.77. The van der Waals surface area contributed by atoms with Crippen molar-refractivity contribution in [3.8, 4) is 0 Å². The second-order valence-corrected chi connectivity index (χ2v) is 7.29. The molecule has 0 amide bonds. The van der Waals surface area contributed by atoms with Gasteiger partial charge in [-0.1, -0.05) is 83.2 Å². The van der Waals surface area contributed by atoms with E-state index in [-0.39, 0.29) is 20.6 Å². The molecule has 0 spiro atoms. The number of aromatic carboxylic acids is 2. The Hall–Kier alpha value is -3.18. The third kappa shape index (κ3) is 5.75. The Morgan fingerprint density at radius 2 is 0.880 bits per heavy atom. The van der Waals surface area contributed by atoms with Gasteiger partial charge in [0.15, 0.2) is 0 Å². The molecule has 3 aromatic carbocycles. The maximum atomic E-state index is 10.5. The van der Waals surface area contributed by atoms with E-state index >= 15 is 0 Å². The fraction of sp³-hybridized carbons (Fsp3) is 0. The monoisotopic (exact) mass is 350 g/mol. The van der Waals surface area contributed by atoms with Crippen LogP contribution in [0, 0.1) is 0 Å². The van der Waals surface area contributed by atoms with E-state index in [1.54, 1.807) is 0 Å². The van der Waals surface area contributed by atoms with E-state index in [4.69, 9.17) is 10.2 Å². The quantitative estimate of drug-likeness (QED) is 0.705. The summed E-state index contributed by atoms with van der Waals surface area (Å²) in [6.45, 7) is 0. The summed E-state index contributed by atoms with van der Waals surface area (Å²) >= 11 is 0. The standard InChI is InChI=1S/C12H12Si.C8H6O4/c1-3-7-11(8-4-1)13-12-9-5-2-6-10-12;9-7(10)5-3-1-2-4-6(5)8(11)12/h1-10H,13H2;1-4H,(H,9,10)(H,11,12). The molecule has 126 valence electrons. The zero-order valence-corrected chi connectivity index (χ0v) is 14.9.